The molecule has 5 rings (SSSR count). The number of carbonyl (C=O) groups is 3. The largest absolute Gasteiger partial charge is 0.352 e. The lowest BCUT2D eigenvalue weighted by Gasteiger charge is -2.65. The molecule has 5 N–H and O–H groups in total. The summed E-state index contributed by atoms with van der Waals surface area (Å²) in [7, 11) is 0. The van der Waals surface area contributed by atoms with Gasteiger partial charge in [-0.3, -0.25) is 14.8 Å². The van der Waals surface area contributed by atoms with E-state index < -0.39 is 0 Å². The molecule has 4 fully saturated rings. The molecule has 1 aromatic rings. The molecule has 8 nitrogen and oxygen atoms in total. The van der Waals surface area contributed by atoms with Gasteiger partial charge in [0.15, 0.2) is 0 Å². The summed E-state index contributed by atoms with van der Waals surface area (Å²) in [6.07, 6.45) is 13.2. The van der Waals surface area contributed by atoms with E-state index in [1.54, 1.807) is 29.7 Å². The minimum Gasteiger partial charge on any atom is -0.352 e. The monoisotopic (exact) mass is 512 g/mol. The van der Waals surface area contributed by atoms with Crippen molar-refractivity contribution in [2.24, 2.45) is 16.7 Å². The fourth-order valence-corrected chi connectivity index (χ4v) is 8.17. The van der Waals surface area contributed by atoms with Gasteiger partial charge in [-0.05, 0) is 92.4 Å². The molecule has 2 unspecified atom stereocenters. The van der Waals surface area contributed by atoms with Gasteiger partial charge in [-0.1, -0.05) is 39.5 Å². The number of hydrogen-bond acceptors (Lipinski definition) is 4. The van der Waals surface area contributed by atoms with E-state index in [1.807, 2.05) is 0 Å². The van der Waals surface area contributed by atoms with Crippen LogP contribution in [0.1, 0.15) is 108 Å². The molecule has 1 aromatic carbocycles. The molecule has 0 radical (unpaired) electrons. The first-order valence-corrected chi connectivity index (χ1v) is 14.0. The van der Waals surface area contributed by atoms with Crippen molar-refractivity contribution in [3.63, 3.8) is 0 Å². The maximum Gasteiger partial charge on any atom is 0.319 e. The van der Waals surface area contributed by atoms with Gasteiger partial charge in [0.25, 0.3) is 5.91 Å². The predicted octanol–water partition coefficient (Wildman–Crippen LogP) is 5.52. The van der Waals surface area contributed by atoms with Crippen LogP contribution in [0.4, 0.5) is 10.5 Å². The SMILES string of the molecule is CC12CC3CC(C)(C1)CC(NC(=O)Nc1ccc(C(=O)NCCCCCCCCC(=O)NO)cc1)(C3)C2. The summed E-state index contributed by atoms with van der Waals surface area (Å²) < 4.78 is 0. The van der Waals surface area contributed by atoms with E-state index in [0.29, 0.717) is 35.0 Å². The Bertz CT molecular complexity index is 961. The van der Waals surface area contributed by atoms with E-state index in [2.05, 4.69) is 29.8 Å². The minimum atomic E-state index is -0.337. The maximum absolute atomic E-state index is 12.9. The van der Waals surface area contributed by atoms with Crippen molar-refractivity contribution in [3.05, 3.63) is 29.8 Å². The molecule has 2 atom stereocenters. The average Bonchev–Trinajstić information content (AvgIpc) is 2.80. The van der Waals surface area contributed by atoms with Crippen LogP contribution in [0.2, 0.25) is 0 Å². The fraction of sp³-hybridized carbons (Fsp3) is 0.690. The quantitative estimate of drug-likeness (QED) is 0.144. The van der Waals surface area contributed by atoms with Crippen LogP contribution < -0.4 is 21.4 Å². The number of nitrogens with one attached hydrogen (secondary N) is 4. The lowest BCUT2D eigenvalue weighted by Crippen LogP contribution is -2.65. The number of amides is 4. The molecule has 0 aromatic heterocycles. The van der Waals surface area contributed by atoms with Crippen LogP contribution in [0.5, 0.6) is 0 Å². The second kappa shape index (κ2) is 11.4. The lowest BCUT2D eigenvalue weighted by molar-refractivity contribution is -0.129. The third kappa shape index (κ3) is 7.24. The topological polar surface area (TPSA) is 120 Å². The standard InChI is InChI=1S/C29H44N4O4/c1-27-15-21-16-28(2,18-27)20-29(17-21,19-27)32-26(36)31-23-12-10-22(11-13-23)25(35)30-14-8-6-4-3-5-7-9-24(34)33-37/h10-13,21,37H,3-9,14-20H2,1-2H3,(H,30,35)(H,33,34)(H2,31,32,36). The summed E-state index contributed by atoms with van der Waals surface area (Å²) in [5.74, 6) is 0.272. The molecule has 4 bridgehead atoms. The molecule has 8 heteroatoms. The zero-order valence-corrected chi connectivity index (χ0v) is 22.5. The van der Waals surface area contributed by atoms with Crippen LogP contribution in [0.3, 0.4) is 0 Å². The van der Waals surface area contributed by atoms with Gasteiger partial charge < -0.3 is 16.0 Å². The molecular formula is C29H44N4O4. The normalized spacial score (nSPS) is 29.5. The van der Waals surface area contributed by atoms with Crippen LogP contribution in [-0.4, -0.2) is 35.1 Å². The number of anilines is 1. The maximum atomic E-state index is 12.9. The zero-order chi connectivity index (χ0) is 26.5. The van der Waals surface area contributed by atoms with Gasteiger partial charge in [0.2, 0.25) is 5.91 Å². The smallest absolute Gasteiger partial charge is 0.319 e. The van der Waals surface area contributed by atoms with Crippen LogP contribution >= 0.6 is 0 Å². The summed E-state index contributed by atoms with van der Waals surface area (Å²) in [6.45, 7) is 5.42. The van der Waals surface area contributed by atoms with Crippen molar-refractivity contribution in [2.45, 2.75) is 103 Å². The van der Waals surface area contributed by atoms with Crippen molar-refractivity contribution >= 4 is 23.5 Å². The highest BCUT2D eigenvalue weighted by molar-refractivity contribution is 5.95. The number of benzene rings is 1. The van der Waals surface area contributed by atoms with Crippen LogP contribution in [-0.2, 0) is 4.79 Å². The lowest BCUT2D eigenvalue weighted by atomic mass is 9.43. The van der Waals surface area contributed by atoms with Crippen molar-refractivity contribution < 1.29 is 19.6 Å². The predicted molar refractivity (Wildman–Crippen MR) is 143 cm³/mol. The summed E-state index contributed by atoms with van der Waals surface area (Å²) in [5.41, 5.74) is 3.51. The molecular weight excluding hydrogens is 468 g/mol. The van der Waals surface area contributed by atoms with Gasteiger partial charge in [0.1, 0.15) is 0 Å². The van der Waals surface area contributed by atoms with Gasteiger partial charge in [0, 0.05) is 29.8 Å². The highest BCUT2D eigenvalue weighted by atomic mass is 16.5. The van der Waals surface area contributed by atoms with Crippen molar-refractivity contribution in [2.75, 3.05) is 11.9 Å². The van der Waals surface area contributed by atoms with Gasteiger partial charge in [-0.15, -0.1) is 0 Å². The Balaban J connectivity index is 1.14. The van der Waals surface area contributed by atoms with Crippen LogP contribution in [0.15, 0.2) is 24.3 Å². The third-order valence-corrected chi connectivity index (χ3v) is 8.65. The van der Waals surface area contributed by atoms with Gasteiger partial charge in [-0.2, -0.15) is 0 Å². The van der Waals surface area contributed by atoms with Gasteiger partial charge >= 0.3 is 6.03 Å². The highest BCUT2D eigenvalue weighted by Gasteiger charge is 2.60. The zero-order valence-electron chi connectivity index (χ0n) is 22.5. The second-order valence-corrected chi connectivity index (χ2v) is 12.7. The number of rotatable bonds is 12. The molecule has 4 amide bonds. The first kappa shape index (κ1) is 27.4. The number of hydroxylamine groups is 1. The molecule has 0 aliphatic heterocycles. The summed E-state index contributed by atoms with van der Waals surface area (Å²) >= 11 is 0. The van der Waals surface area contributed by atoms with Crippen molar-refractivity contribution in [1.29, 1.82) is 0 Å². The summed E-state index contributed by atoms with van der Waals surface area (Å²) in [4.78, 5) is 36.3. The van der Waals surface area contributed by atoms with Crippen molar-refractivity contribution in [1.82, 2.24) is 16.1 Å². The number of hydrogen-bond donors (Lipinski definition) is 5. The van der Waals surface area contributed by atoms with E-state index >= 15 is 0 Å². The number of carbonyl (C=O) groups excluding carboxylic acids is 3. The molecule has 4 saturated carbocycles. The van der Waals surface area contributed by atoms with Crippen LogP contribution in [0.25, 0.3) is 0 Å². The highest BCUT2D eigenvalue weighted by Crippen LogP contribution is 2.66. The Hall–Kier alpha value is -2.61. The van der Waals surface area contributed by atoms with Gasteiger partial charge in [0.05, 0.1) is 0 Å². The van der Waals surface area contributed by atoms with E-state index in [0.717, 1.165) is 63.7 Å². The summed E-state index contributed by atoms with van der Waals surface area (Å²) in [6, 6.07) is 6.92. The Morgan fingerprint density at radius 1 is 0.865 bits per heavy atom. The number of unbranched alkanes of at least 4 members (excludes halogenated alkanes) is 5. The summed E-state index contributed by atoms with van der Waals surface area (Å²) in [5, 5.41) is 17.8. The molecule has 0 saturated heterocycles. The minimum absolute atomic E-state index is 0.0940. The fourth-order valence-electron chi connectivity index (χ4n) is 8.17. The first-order valence-electron chi connectivity index (χ1n) is 14.0. The van der Waals surface area contributed by atoms with Crippen molar-refractivity contribution in [3.8, 4) is 0 Å². The molecule has 37 heavy (non-hydrogen) atoms. The first-order chi connectivity index (χ1) is 17.6. The Morgan fingerprint density at radius 2 is 1.49 bits per heavy atom. The van der Waals surface area contributed by atoms with E-state index in [4.69, 9.17) is 5.21 Å². The molecule has 0 spiro atoms. The average molecular weight is 513 g/mol. The molecule has 0 heterocycles. The Labute approximate surface area is 220 Å². The molecule has 4 aliphatic rings. The number of urea groups is 1. The van der Waals surface area contributed by atoms with E-state index in [1.165, 1.54) is 19.3 Å². The Morgan fingerprint density at radius 3 is 2.11 bits per heavy atom. The molecule has 4 aliphatic carbocycles. The molecule has 204 valence electrons. The van der Waals surface area contributed by atoms with Crippen LogP contribution in [0, 0.1) is 16.7 Å². The second-order valence-electron chi connectivity index (χ2n) is 12.7. The van der Waals surface area contributed by atoms with E-state index in [9.17, 15) is 14.4 Å². The third-order valence-electron chi connectivity index (χ3n) is 8.65. The Kier molecular flexibility index (Phi) is 8.46. The van der Waals surface area contributed by atoms with E-state index in [-0.39, 0.29) is 23.4 Å². The van der Waals surface area contributed by atoms with Gasteiger partial charge in [-0.25, -0.2) is 10.3 Å².